The minimum atomic E-state index is 0.665. The molecular formula is C16H27N3O. The molecule has 4 nitrogen and oxygen atoms in total. The van der Waals surface area contributed by atoms with Crippen molar-refractivity contribution in [2.24, 2.45) is 0 Å². The monoisotopic (exact) mass is 277 g/mol. The highest BCUT2D eigenvalue weighted by Gasteiger charge is 2.17. The first-order valence-electron chi connectivity index (χ1n) is 7.76. The van der Waals surface area contributed by atoms with Gasteiger partial charge in [-0.15, -0.1) is 0 Å². The summed E-state index contributed by atoms with van der Waals surface area (Å²) in [6, 6.07) is 4.73. The molecule has 1 atom stereocenters. The van der Waals surface area contributed by atoms with E-state index in [1.165, 1.54) is 44.3 Å². The average molecular weight is 277 g/mol. The van der Waals surface area contributed by atoms with Crippen LogP contribution in [0.5, 0.6) is 5.88 Å². The van der Waals surface area contributed by atoms with Gasteiger partial charge >= 0.3 is 0 Å². The zero-order chi connectivity index (χ0) is 14.2. The van der Waals surface area contributed by atoms with Crippen LogP contribution in [0.2, 0.25) is 0 Å². The third kappa shape index (κ3) is 4.76. The Hall–Kier alpha value is -1.13. The summed E-state index contributed by atoms with van der Waals surface area (Å²) < 4.78 is 5.11. The number of methoxy groups -OCH3 is 1. The van der Waals surface area contributed by atoms with Crippen molar-refractivity contribution in [3.63, 3.8) is 0 Å². The third-order valence-electron chi connectivity index (χ3n) is 3.88. The van der Waals surface area contributed by atoms with Crippen LogP contribution in [-0.2, 0) is 6.54 Å². The smallest absolute Gasteiger partial charge is 0.212 e. The number of nitrogens with one attached hydrogen (secondary N) is 1. The molecule has 1 unspecified atom stereocenters. The van der Waals surface area contributed by atoms with Crippen molar-refractivity contribution in [2.45, 2.75) is 45.2 Å². The van der Waals surface area contributed by atoms with E-state index in [0.717, 1.165) is 13.1 Å². The van der Waals surface area contributed by atoms with Crippen LogP contribution in [0.3, 0.4) is 0 Å². The van der Waals surface area contributed by atoms with Crippen LogP contribution < -0.4 is 10.1 Å². The van der Waals surface area contributed by atoms with Gasteiger partial charge in [0.2, 0.25) is 5.88 Å². The molecule has 2 rings (SSSR count). The van der Waals surface area contributed by atoms with Gasteiger partial charge in [0, 0.05) is 31.4 Å². The van der Waals surface area contributed by atoms with Gasteiger partial charge in [-0.05, 0) is 37.9 Å². The molecule has 0 radical (unpaired) electrons. The first-order chi connectivity index (χ1) is 9.81. The molecule has 1 fully saturated rings. The van der Waals surface area contributed by atoms with Crippen molar-refractivity contribution >= 4 is 0 Å². The lowest BCUT2D eigenvalue weighted by atomic mass is 10.2. The van der Waals surface area contributed by atoms with E-state index in [-0.39, 0.29) is 0 Å². The Morgan fingerprint density at radius 1 is 1.45 bits per heavy atom. The highest BCUT2D eigenvalue weighted by Crippen LogP contribution is 2.13. The van der Waals surface area contributed by atoms with Crippen LogP contribution in [-0.4, -0.2) is 42.7 Å². The predicted molar refractivity (Wildman–Crippen MR) is 82.0 cm³/mol. The van der Waals surface area contributed by atoms with Crippen LogP contribution in [0.15, 0.2) is 18.3 Å². The van der Waals surface area contributed by atoms with E-state index in [1.54, 1.807) is 7.11 Å². The maximum absolute atomic E-state index is 5.11. The topological polar surface area (TPSA) is 37.4 Å². The normalized spacial score (nSPS) is 18.6. The number of hydrogen-bond acceptors (Lipinski definition) is 4. The first kappa shape index (κ1) is 15.3. The van der Waals surface area contributed by atoms with E-state index < -0.39 is 0 Å². The molecule has 0 spiro atoms. The second kappa shape index (κ2) is 8.22. The van der Waals surface area contributed by atoms with Crippen molar-refractivity contribution in [3.8, 4) is 5.88 Å². The minimum absolute atomic E-state index is 0.665. The molecule has 112 valence electrons. The van der Waals surface area contributed by atoms with E-state index in [0.29, 0.717) is 11.9 Å². The fourth-order valence-electron chi connectivity index (χ4n) is 2.72. The van der Waals surface area contributed by atoms with Crippen molar-refractivity contribution in [1.82, 2.24) is 15.2 Å². The number of pyridine rings is 1. The molecule has 1 N–H and O–H groups in total. The summed E-state index contributed by atoms with van der Waals surface area (Å²) in [6.45, 7) is 6.72. The molecule has 1 aliphatic heterocycles. The summed E-state index contributed by atoms with van der Waals surface area (Å²) in [4.78, 5) is 6.85. The molecule has 1 aromatic heterocycles. The number of aromatic nitrogens is 1. The predicted octanol–water partition coefficient (Wildman–Crippen LogP) is 2.44. The van der Waals surface area contributed by atoms with Gasteiger partial charge in [-0.3, -0.25) is 4.90 Å². The summed E-state index contributed by atoms with van der Waals surface area (Å²) >= 11 is 0. The van der Waals surface area contributed by atoms with Crippen LogP contribution in [0, 0.1) is 0 Å². The Morgan fingerprint density at radius 2 is 2.35 bits per heavy atom. The molecule has 0 aromatic carbocycles. The van der Waals surface area contributed by atoms with Crippen molar-refractivity contribution < 1.29 is 4.74 Å². The second-order valence-electron chi connectivity index (χ2n) is 5.59. The molecule has 1 aliphatic rings. The molecular weight excluding hydrogens is 250 g/mol. The first-order valence-corrected chi connectivity index (χ1v) is 7.76. The Kier molecular flexibility index (Phi) is 6.27. The molecule has 1 aromatic rings. The van der Waals surface area contributed by atoms with E-state index >= 15 is 0 Å². The molecule has 4 heteroatoms. The minimum Gasteiger partial charge on any atom is -0.481 e. The molecule has 0 aliphatic carbocycles. The van der Waals surface area contributed by atoms with Gasteiger partial charge < -0.3 is 10.1 Å². The van der Waals surface area contributed by atoms with Gasteiger partial charge in [-0.25, -0.2) is 4.98 Å². The summed E-state index contributed by atoms with van der Waals surface area (Å²) in [5.74, 6) is 0.686. The number of unbranched alkanes of at least 4 members (excludes halogenated alkanes) is 1. The second-order valence-corrected chi connectivity index (χ2v) is 5.59. The van der Waals surface area contributed by atoms with Crippen molar-refractivity contribution in [3.05, 3.63) is 23.9 Å². The quantitative estimate of drug-likeness (QED) is 0.792. The fourth-order valence-corrected chi connectivity index (χ4v) is 2.72. The van der Waals surface area contributed by atoms with Gasteiger partial charge in [-0.1, -0.05) is 19.4 Å². The summed E-state index contributed by atoms with van der Waals surface area (Å²) in [5.41, 5.74) is 1.26. The fraction of sp³-hybridized carbons (Fsp3) is 0.688. The van der Waals surface area contributed by atoms with E-state index in [4.69, 9.17) is 4.74 Å². The zero-order valence-corrected chi connectivity index (χ0v) is 12.8. The Morgan fingerprint density at radius 3 is 2.95 bits per heavy atom. The van der Waals surface area contributed by atoms with Gasteiger partial charge in [0.15, 0.2) is 0 Å². The Balaban J connectivity index is 1.90. The van der Waals surface area contributed by atoms with Crippen LogP contribution in [0.1, 0.15) is 38.2 Å². The Bertz CT molecular complexity index is 374. The highest BCUT2D eigenvalue weighted by molar-refractivity contribution is 5.17. The summed E-state index contributed by atoms with van der Waals surface area (Å²) in [6.07, 6.45) is 7.06. The van der Waals surface area contributed by atoms with Gasteiger partial charge in [-0.2, -0.15) is 0 Å². The van der Waals surface area contributed by atoms with Crippen LogP contribution >= 0.6 is 0 Å². The zero-order valence-electron chi connectivity index (χ0n) is 12.8. The third-order valence-corrected chi connectivity index (χ3v) is 3.88. The number of ether oxygens (including phenoxy) is 1. The molecule has 0 amide bonds. The summed E-state index contributed by atoms with van der Waals surface area (Å²) in [5, 5.41) is 3.59. The molecule has 1 saturated heterocycles. The van der Waals surface area contributed by atoms with E-state index in [2.05, 4.69) is 28.2 Å². The number of nitrogens with zero attached hydrogens (tertiary/aromatic N) is 2. The largest absolute Gasteiger partial charge is 0.481 e. The highest BCUT2D eigenvalue weighted by atomic mass is 16.5. The van der Waals surface area contributed by atoms with Crippen LogP contribution in [0.25, 0.3) is 0 Å². The van der Waals surface area contributed by atoms with Crippen molar-refractivity contribution in [2.75, 3.05) is 26.7 Å². The summed E-state index contributed by atoms with van der Waals surface area (Å²) in [7, 11) is 1.65. The maximum Gasteiger partial charge on any atom is 0.212 e. The number of rotatable bonds is 8. The number of hydrogen-bond donors (Lipinski definition) is 1. The molecule has 0 saturated carbocycles. The Labute approximate surface area is 122 Å². The molecule has 0 bridgehead atoms. The SMILES string of the molecule is CCCCN(Cc1ccc(OC)nc1)CC1CCCN1. The van der Waals surface area contributed by atoms with E-state index in [9.17, 15) is 0 Å². The molecule has 2 heterocycles. The van der Waals surface area contributed by atoms with Crippen LogP contribution in [0.4, 0.5) is 0 Å². The van der Waals surface area contributed by atoms with Crippen molar-refractivity contribution in [1.29, 1.82) is 0 Å². The van der Waals surface area contributed by atoms with Gasteiger partial charge in [0.1, 0.15) is 0 Å². The van der Waals surface area contributed by atoms with Gasteiger partial charge in [0.25, 0.3) is 0 Å². The maximum atomic E-state index is 5.11. The lowest BCUT2D eigenvalue weighted by molar-refractivity contribution is 0.237. The van der Waals surface area contributed by atoms with Gasteiger partial charge in [0.05, 0.1) is 7.11 Å². The average Bonchev–Trinajstić information content (AvgIpc) is 2.98. The van der Waals surface area contributed by atoms with E-state index in [1.807, 2.05) is 12.3 Å². The molecule has 20 heavy (non-hydrogen) atoms. The lowest BCUT2D eigenvalue weighted by Crippen LogP contribution is -2.37. The standard InChI is InChI=1S/C16H27N3O/c1-3-4-10-19(13-15-6-5-9-17-15)12-14-7-8-16(20-2)18-11-14/h7-8,11,15,17H,3-6,9-10,12-13H2,1-2H3. The lowest BCUT2D eigenvalue weighted by Gasteiger charge is -2.25.